The Morgan fingerprint density at radius 3 is 1.52 bits per heavy atom. The second-order valence-corrected chi connectivity index (χ2v) is 8.25. The van der Waals surface area contributed by atoms with E-state index in [-0.39, 0.29) is 0 Å². The number of ether oxygens (including phenoxy) is 2. The van der Waals surface area contributed by atoms with Gasteiger partial charge in [-0.15, -0.1) is 0 Å². The van der Waals surface area contributed by atoms with Gasteiger partial charge in [-0.05, 0) is 62.2 Å². The molecular formula is C17H29O7S-. The number of hydrogen-bond donors (Lipinski definition) is 0. The first kappa shape index (κ1) is 21.9. The first-order valence-electron chi connectivity index (χ1n) is 8.94. The second kappa shape index (κ2) is 10.1. The van der Waals surface area contributed by atoms with Gasteiger partial charge in [-0.1, -0.05) is 13.8 Å². The van der Waals surface area contributed by atoms with Crippen molar-refractivity contribution >= 4 is 22.1 Å². The molecule has 0 radical (unpaired) electrons. The summed E-state index contributed by atoms with van der Waals surface area (Å²) in [4.78, 5) is 20.6. The zero-order valence-corrected chi connectivity index (χ0v) is 16.0. The third-order valence-corrected chi connectivity index (χ3v) is 5.37. The smallest absolute Gasteiger partial charge is 0.322 e. The highest BCUT2D eigenvalue weighted by atomic mass is 32.2. The third-order valence-electron chi connectivity index (χ3n) is 4.78. The van der Waals surface area contributed by atoms with Gasteiger partial charge in [-0.25, -0.2) is 8.42 Å². The number of rotatable bonds is 4. The second-order valence-electron chi connectivity index (χ2n) is 6.85. The van der Waals surface area contributed by atoms with Gasteiger partial charge >= 0.3 is 11.9 Å². The molecule has 0 aromatic carbocycles. The molecule has 7 nitrogen and oxygen atoms in total. The molecule has 4 saturated carbocycles. The van der Waals surface area contributed by atoms with Gasteiger partial charge in [0.2, 0.25) is 6.79 Å². The molecule has 0 aromatic heterocycles. The van der Waals surface area contributed by atoms with Gasteiger partial charge in [0.1, 0.15) is 15.9 Å². The lowest BCUT2D eigenvalue weighted by molar-refractivity contribution is -0.163. The zero-order chi connectivity index (χ0) is 19.0. The van der Waals surface area contributed by atoms with E-state index >= 15 is 0 Å². The molecular weight excluding hydrogens is 348 g/mol. The van der Waals surface area contributed by atoms with Crippen LogP contribution < -0.4 is 0 Å². The topological polar surface area (TPSA) is 110 Å². The fourth-order valence-corrected chi connectivity index (χ4v) is 4.72. The normalized spacial score (nSPS) is 28.8. The Labute approximate surface area is 150 Å². The number of hydrogen-bond acceptors (Lipinski definition) is 7. The molecule has 4 bridgehead atoms. The summed E-state index contributed by atoms with van der Waals surface area (Å²) < 4.78 is 38.1. The SMILES string of the molecule is C1C2CC3CC1CC(C2)C3.CC.CC(=O)OCOC(=O)CS(=O)(=O)[O-]. The van der Waals surface area contributed by atoms with Crippen LogP contribution in [0.3, 0.4) is 0 Å². The molecule has 0 spiro atoms. The minimum absolute atomic E-state index is 0.683. The maximum atomic E-state index is 10.4. The lowest BCUT2D eigenvalue weighted by Gasteiger charge is -2.49. The lowest BCUT2D eigenvalue weighted by Crippen LogP contribution is -2.38. The Morgan fingerprint density at radius 1 is 0.880 bits per heavy atom. The Balaban J connectivity index is 0.000000230. The first-order valence-corrected chi connectivity index (χ1v) is 10.5. The average Bonchev–Trinajstić information content (AvgIpc) is 2.46. The minimum atomic E-state index is -4.64. The van der Waals surface area contributed by atoms with Crippen molar-refractivity contribution in [1.82, 2.24) is 0 Å². The van der Waals surface area contributed by atoms with Gasteiger partial charge < -0.3 is 14.0 Å². The summed E-state index contributed by atoms with van der Waals surface area (Å²) in [7, 11) is -4.64. The number of carbonyl (C=O) groups is 2. The maximum absolute atomic E-state index is 10.4. The fourth-order valence-electron chi connectivity index (χ4n) is 4.35. The fraction of sp³-hybridized carbons (Fsp3) is 0.882. The highest BCUT2D eigenvalue weighted by molar-refractivity contribution is 7.86. The van der Waals surface area contributed by atoms with Crippen LogP contribution in [0.25, 0.3) is 0 Å². The van der Waals surface area contributed by atoms with E-state index in [0.717, 1.165) is 6.92 Å². The van der Waals surface area contributed by atoms with Crippen LogP contribution in [0.4, 0.5) is 0 Å². The van der Waals surface area contributed by atoms with E-state index < -0.39 is 34.6 Å². The Hall–Kier alpha value is -1.15. The standard InChI is InChI=1S/C10H16.C5H8O7S.C2H6/c1-7-2-9-4-8(1)5-10(3-7)6-9;1-4(6)11-3-12-5(7)2-13(8,9)10;1-2/h7-10H,1-6H2;2-3H2,1H3,(H,8,9,10);1-2H3/p-1. The van der Waals surface area contributed by atoms with Crippen molar-refractivity contribution in [2.45, 2.75) is 59.3 Å². The van der Waals surface area contributed by atoms with Crippen LogP contribution in [0.1, 0.15) is 59.3 Å². The van der Waals surface area contributed by atoms with Gasteiger partial charge in [-0.2, -0.15) is 0 Å². The zero-order valence-electron chi connectivity index (χ0n) is 15.2. The molecule has 4 rings (SSSR count). The van der Waals surface area contributed by atoms with E-state index in [2.05, 4.69) is 9.47 Å². The van der Waals surface area contributed by atoms with Crippen LogP contribution in [0, 0.1) is 23.7 Å². The molecule has 4 fully saturated rings. The highest BCUT2D eigenvalue weighted by Gasteiger charge is 2.41. The largest absolute Gasteiger partial charge is 0.748 e. The molecule has 0 N–H and O–H groups in total. The Kier molecular flexibility index (Phi) is 8.85. The van der Waals surface area contributed by atoms with E-state index in [1.54, 1.807) is 38.5 Å². The van der Waals surface area contributed by atoms with Crippen molar-refractivity contribution in [3.63, 3.8) is 0 Å². The average molecular weight is 377 g/mol. The summed E-state index contributed by atoms with van der Waals surface area (Å²) >= 11 is 0. The highest BCUT2D eigenvalue weighted by Crippen LogP contribution is 2.53. The van der Waals surface area contributed by atoms with Crippen molar-refractivity contribution in [1.29, 1.82) is 0 Å². The van der Waals surface area contributed by atoms with Crippen LogP contribution >= 0.6 is 0 Å². The molecule has 0 unspecified atom stereocenters. The van der Waals surface area contributed by atoms with Crippen LogP contribution in [-0.2, 0) is 29.2 Å². The first-order chi connectivity index (χ1) is 11.7. The van der Waals surface area contributed by atoms with Crippen LogP contribution in [-0.4, -0.2) is 37.5 Å². The Morgan fingerprint density at radius 2 is 1.24 bits per heavy atom. The molecule has 25 heavy (non-hydrogen) atoms. The predicted octanol–water partition coefficient (Wildman–Crippen LogP) is 2.45. The molecule has 4 aliphatic carbocycles. The molecule has 0 aromatic rings. The number of carbonyl (C=O) groups excluding carboxylic acids is 2. The minimum Gasteiger partial charge on any atom is -0.748 e. The predicted molar refractivity (Wildman–Crippen MR) is 90.3 cm³/mol. The van der Waals surface area contributed by atoms with E-state index in [9.17, 15) is 22.6 Å². The molecule has 0 atom stereocenters. The van der Waals surface area contributed by atoms with E-state index in [4.69, 9.17) is 0 Å². The van der Waals surface area contributed by atoms with Crippen molar-refractivity contribution in [3.05, 3.63) is 0 Å². The summed E-state index contributed by atoms with van der Waals surface area (Å²) in [6, 6.07) is 0. The molecule has 0 saturated heterocycles. The van der Waals surface area contributed by atoms with Crippen LogP contribution in [0.2, 0.25) is 0 Å². The Bertz CT molecular complexity index is 485. The molecule has 8 heteroatoms. The van der Waals surface area contributed by atoms with Crippen LogP contribution in [0.5, 0.6) is 0 Å². The molecule has 0 heterocycles. The molecule has 4 aliphatic rings. The molecule has 0 aliphatic heterocycles. The monoisotopic (exact) mass is 377 g/mol. The van der Waals surface area contributed by atoms with E-state index in [1.807, 2.05) is 13.8 Å². The summed E-state index contributed by atoms with van der Waals surface area (Å²) in [5, 5.41) is 0. The summed E-state index contributed by atoms with van der Waals surface area (Å²) in [5.74, 6) is 1.50. The van der Waals surface area contributed by atoms with Gasteiger partial charge in [0, 0.05) is 6.92 Å². The van der Waals surface area contributed by atoms with Crippen molar-refractivity contribution < 1.29 is 32.0 Å². The van der Waals surface area contributed by atoms with Gasteiger partial charge in [-0.3, -0.25) is 9.59 Å². The van der Waals surface area contributed by atoms with Gasteiger partial charge in [0.25, 0.3) is 0 Å². The summed E-state index contributed by atoms with van der Waals surface area (Å²) in [5.41, 5.74) is 0. The quantitative estimate of drug-likeness (QED) is 0.420. The third kappa shape index (κ3) is 8.67. The van der Waals surface area contributed by atoms with Gasteiger partial charge in [0.15, 0.2) is 0 Å². The summed E-state index contributed by atoms with van der Waals surface area (Å²) in [6.07, 6.45) is 9.62. The van der Waals surface area contributed by atoms with Crippen molar-refractivity contribution in [2.24, 2.45) is 23.7 Å². The summed E-state index contributed by atoms with van der Waals surface area (Å²) in [6.45, 7) is 4.39. The van der Waals surface area contributed by atoms with Crippen LogP contribution in [0.15, 0.2) is 0 Å². The van der Waals surface area contributed by atoms with Crippen molar-refractivity contribution in [2.75, 3.05) is 12.5 Å². The molecule has 0 amide bonds. The van der Waals surface area contributed by atoms with Gasteiger partial charge in [0.05, 0.1) is 0 Å². The maximum Gasteiger partial charge on any atom is 0.322 e. The number of esters is 2. The van der Waals surface area contributed by atoms with Crippen molar-refractivity contribution in [3.8, 4) is 0 Å². The lowest BCUT2D eigenvalue weighted by atomic mass is 9.56. The van der Waals surface area contributed by atoms with E-state index in [1.165, 1.54) is 23.7 Å². The molecule has 146 valence electrons. The van der Waals surface area contributed by atoms with E-state index in [0.29, 0.717) is 0 Å².